The minimum atomic E-state index is -1.11. The van der Waals surface area contributed by atoms with Crippen LogP contribution in [0.15, 0.2) is 18.2 Å². The van der Waals surface area contributed by atoms with E-state index in [-0.39, 0.29) is 23.6 Å². The van der Waals surface area contributed by atoms with E-state index in [0.29, 0.717) is 12.0 Å². The number of carbonyl (C=O) groups excluding carboxylic acids is 1. The minimum Gasteiger partial charge on any atom is -0.480 e. The molecular weight excluding hydrogens is 274 g/mol. The molecule has 1 amide bonds. The van der Waals surface area contributed by atoms with Crippen molar-refractivity contribution in [2.45, 2.75) is 32.9 Å². The fourth-order valence-electron chi connectivity index (χ4n) is 2.52. The molecule has 0 aliphatic carbocycles. The van der Waals surface area contributed by atoms with Crippen LogP contribution in [-0.4, -0.2) is 39.0 Å². The molecular formula is C15H17NO5. The molecule has 0 fully saturated rings. The maximum absolute atomic E-state index is 12.4. The van der Waals surface area contributed by atoms with Crippen LogP contribution in [-0.2, 0) is 11.3 Å². The fourth-order valence-corrected chi connectivity index (χ4v) is 2.52. The van der Waals surface area contributed by atoms with E-state index < -0.39 is 23.9 Å². The standard InChI is InChI=1S/C15H17NO5/c1-8(2)5-12(15(20)21)16-7-10-4-3-9(14(18)19)6-11(10)13(16)17/h3-4,6,8,12H,5,7H2,1-2H3,(H,18,19)(H,20,21). The summed E-state index contributed by atoms with van der Waals surface area (Å²) < 4.78 is 0. The zero-order valence-electron chi connectivity index (χ0n) is 11.9. The van der Waals surface area contributed by atoms with Crippen LogP contribution in [0.3, 0.4) is 0 Å². The summed E-state index contributed by atoms with van der Waals surface area (Å²) in [5.41, 5.74) is 0.976. The summed E-state index contributed by atoms with van der Waals surface area (Å²) in [5.74, 6) is -2.43. The highest BCUT2D eigenvalue weighted by Crippen LogP contribution is 2.28. The average molecular weight is 291 g/mol. The molecule has 1 unspecified atom stereocenters. The van der Waals surface area contributed by atoms with Gasteiger partial charge < -0.3 is 15.1 Å². The van der Waals surface area contributed by atoms with E-state index in [1.165, 1.54) is 17.0 Å². The molecule has 1 aromatic carbocycles. The molecule has 1 aliphatic heterocycles. The Balaban J connectivity index is 2.32. The normalized spacial score (nSPS) is 15.2. The van der Waals surface area contributed by atoms with E-state index in [4.69, 9.17) is 5.11 Å². The van der Waals surface area contributed by atoms with Gasteiger partial charge in [-0.3, -0.25) is 4.79 Å². The number of hydrogen-bond donors (Lipinski definition) is 2. The molecule has 2 rings (SSSR count). The summed E-state index contributed by atoms with van der Waals surface area (Å²) in [7, 11) is 0. The first kappa shape index (κ1) is 15.0. The van der Waals surface area contributed by atoms with Crippen LogP contribution in [0.5, 0.6) is 0 Å². The smallest absolute Gasteiger partial charge is 0.335 e. The summed E-state index contributed by atoms with van der Waals surface area (Å²) >= 11 is 0. The number of carboxylic acids is 2. The van der Waals surface area contributed by atoms with Crippen molar-refractivity contribution >= 4 is 17.8 Å². The molecule has 0 aromatic heterocycles. The lowest BCUT2D eigenvalue weighted by Crippen LogP contribution is -2.42. The molecule has 1 atom stereocenters. The van der Waals surface area contributed by atoms with Crippen LogP contribution in [0, 0.1) is 5.92 Å². The number of carbonyl (C=O) groups is 3. The van der Waals surface area contributed by atoms with Crippen LogP contribution in [0.1, 0.15) is 46.5 Å². The van der Waals surface area contributed by atoms with E-state index in [1.807, 2.05) is 13.8 Å². The quantitative estimate of drug-likeness (QED) is 0.863. The molecule has 6 heteroatoms. The number of rotatable bonds is 5. The van der Waals surface area contributed by atoms with Crippen molar-refractivity contribution in [2.75, 3.05) is 0 Å². The SMILES string of the molecule is CC(C)CC(C(=O)O)N1Cc2ccc(C(=O)O)cc2C1=O. The Kier molecular flexibility index (Phi) is 3.97. The first-order valence-electron chi connectivity index (χ1n) is 6.71. The number of nitrogens with zero attached hydrogens (tertiary/aromatic N) is 1. The highest BCUT2D eigenvalue weighted by atomic mass is 16.4. The van der Waals surface area contributed by atoms with Crippen molar-refractivity contribution in [1.29, 1.82) is 0 Å². The molecule has 0 saturated carbocycles. The van der Waals surface area contributed by atoms with Gasteiger partial charge in [0, 0.05) is 12.1 Å². The van der Waals surface area contributed by atoms with Crippen molar-refractivity contribution in [2.24, 2.45) is 5.92 Å². The Labute approximate surface area is 122 Å². The number of aliphatic carboxylic acids is 1. The maximum Gasteiger partial charge on any atom is 0.335 e. The second kappa shape index (κ2) is 5.55. The number of benzene rings is 1. The number of hydrogen-bond acceptors (Lipinski definition) is 3. The van der Waals surface area contributed by atoms with Crippen LogP contribution < -0.4 is 0 Å². The van der Waals surface area contributed by atoms with Gasteiger partial charge in [-0.25, -0.2) is 9.59 Å². The van der Waals surface area contributed by atoms with Gasteiger partial charge in [0.05, 0.1) is 5.56 Å². The third-order valence-electron chi connectivity index (χ3n) is 3.54. The Morgan fingerprint density at radius 1 is 1.29 bits per heavy atom. The van der Waals surface area contributed by atoms with Crippen molar-refractivity contribution in [1.82, 2.24) is 4.90 Å². The summed E-state index contributed by atoms with van der Waals surface area (Å²) in [6, 6.07) is 3.42. The molecule has 21 heavy (non-hydrogen) atoms. The van der Waals surface area contributed by atoms with Crippen molar-refractivity contribution < 1.29 is 24.6 Å². The lowest BCUT2D eigenvalue weighted by molar-refractivity contribution is -0.143. The summed E-state index contributed by atoms with van der Waals surface area (Å²) in [4.78, 5) is 36.0. The van der Waals surface area contributed by atoms with Gasteiger partial charge in [-0.05, 0) is 30.0 Å². The number of fused-ring (bicyclic) bond motifs is 1. The van der Waals surface area contributed by atoms with Gasteiger partial charge in [-0.2, -0.15) is 0 Å². The third-order valence-corrected chi connectivity index (χ3v) is 3.54. The number of carboxylic acid groups (broad SMARTS) is 2. The Morgan fingerprint density at radius 2 is 1.95 bits per heavy atom. The summed E-state index contributed by atoms with van der Waals surface area (Å²) in [5, 5.41) is 18.3. The topological polar surface area (TPSA) is 94.9 Å². The zero-order valence-corrected chi connectivity index (χ0v) is 11.9. The molecule has 0 radical (unpaired) electrons. The van der Waals surface area contributed by atoms with Crippen LogP contribution in [0.4, 0.5) is 0 Å². The number of aromatic carboxylic acids is 1. The fraction of sp³-hybridized carbons (Fsp3) is 0.400. The third kappa shape index (κ3) is 2.89. The molecule has 2 N–H and O–H groups in total. The van der Waals surface area contributed by atoms with E-state index in [0.717, 1.165) is 0 Å². The van der Waals surface area contributed by atoms with Gasteiger partial charge in [0.15, 0.2) is 0 Å². The first-order valence-corrected chi connectivity index (χ1v) is 6.71. The lowest BCUT2D eigenvalue weighted by atomic mass is 10.0. The highest BCUT2D eigenvalue weighted by molar-refractivity contribution is 6.02. The Hall–Kier alpha value is -2.37. The van der Waals surface area contributed by atoms with E-state index in [2.05, 4.69) is 0 Å². The summed E-state index contributed by atoms with van der Waals surface area (Å²) in [6.45, 7) is 4.00. The molecule has 0 saturated heterocycles. The number of amides is 1. The second-order valence-corrected chi connectivity index (χ2v) is 5.59. The molecule has 112 valence electrons. The van der Waals surface area contributed by atoms with Crippen LogP contribution >= 0.6 is 0 Å². The van der Waals surface area contributed by atoms with Crippen molar-refractivity contribution in [3.8, 4) is 0 Å². The molecule has 6 nitrogen and oxygen atoms in total. The maximum atomic E-state index is 12.4. The molecule has 1 heterocycles. The van der Waals surface area contributed by atoms with Gasteiger partial charge in [0.1, 0.15) is 6.04 Å². The highest BCUT2D eigenvalue weighted by Gasteiger charge is 2.36. The molecule has 0 spiro atoms. The van der Waals surface area contributed by atoms with Crippen molar-refractivity contribution in [3.63, 3.8) is 0 Å². The minimum absolute atomic E-state index is 0.0275. The van der Waals surface area contributed by atoms with Crippen molar-refractivity contribution in [3.05, 3.63) is 34.9 Å². The molecule has 0 bridgehead atoms. The predicted molar refractivity (Wildman–Crippen MR) is 74.2 cm³/mol. The molecule has 1 aromatic rings. The van der Waals surface area contributed by atoms with Gasteiger partial charge >= 0.3 is 11.9 Å². The Morgan fingerprint density at radius 3 is 2.48 bits per heavy atom. The van der Waals surface area contributed by atoms with Crippen LogP contribution in [0.25, 0.3) is 0 Å². The van der Waals surface area contributed by atoms with E-state index in [1.54, 1.807) is 6.07 Å². The van der Waals surface area contributed by atoms with Crippen LogP contribution in [0.2, 0.25) is 0 Å². The monoisotopic (exact) mass is 291 g/mol. The van der Waals surface area contributed by atoms with Gasteiger partial charge in [0.2, 0.25) is 0 Å². The Bertz CT molecular complexity index is 608. The zero-order chi connectivity index (χ0) is 15.7. The van der Waals surface area contributed by atoms with Gasteiger partial charge in [0.25, 0.3) is 5.91 Å². The predicted octanol–water partition coefficient (Wildman–Crippen LogP) is 1.84. The largest absolute Gasteiger partial charge is 0.480 e. The van der Waals surface area contributed by atoms with E-state index in [9.17, 15) is 19.5 Å². The molecule has 1 aliphatic rings. The first-order chi connectivity index (χ1) is 9.81. The lowest BCUT2D eigenvalue weighted by Gasteiger charge is -2.25. The average Bonchev–Trinajstić information content (AvgIpc) is 2.72. The van der Waals surface area contributed by atoms with Gasteiger partial charge in [-0.1, -0.05) is 19.9 Å². The van der Waals surface area contributed by atoms with Gasteiger partial charge in [-0.15, -0.1) is 0 Å². The second-order valence-electron chi connectivity index (χ2n) is 5.59. The van der Waals surface area contributed by atoms with E-state index >= 15 is 0 Å². The summed E-state index contributed by atoms with van der Waals surface area (Å²) in [6.07, 6.45) is 0.362.